The first-order chi connectivity index (χ1) is 8.33. The Kier molecular flexibility index (Phi) is 5.45. The normalized spacial score (nSPS) is 18.9. The Labute approximate surface area is 112 Å². The summed E-state index contributed by atoms with van der Waals surface area (Å²) in [6.07, 6.45) is 2.73. The van der Waals surface area contributed by atoms with E-state index >= 15 is 0 Å². The van der Waals surface area contributed by atoms with Crippen molar-refractivity contribution in [2.45, 2.75) is 52.1 Å². The highest BCUT2D eigenvalue weighted by Crippen LogP contribution is 2.34. The van der Waals surface area contributed by atoms with Gasteiger partial charge < -0.3 is 15.5 Å². The number of likely N-dealkylation sites (N-methyl/N-ethyl adjacent to an activating group) is 1. The fourth-order valence-electron chi connectivity index (χ4n) is 2.06. The standard InChI is InChI=1S/C14H30N4/c1-7-15-13(17-14(2,3)4)16-10-12(18(5)6)11-8-9-11/h11-12H,7-10H2,1-6H3,(H2,15,16,17). The number of aliphatic imine (C=N–C) groups is 1. The predicted molar refractivity (Wildman–Crippen MR) is 79.1 cm³/mol. The summed E-state index contributed by atoms with van der Waals surface area (Å²) in [6.45, 7) is 10.4. The van der Waals surface area contributed by atoms with Crippen molar-refractivity contribution in [3.63, 3.8) is 0 Å². The molecule has 0 bridgehead atoms. The van der Waals surface area contributed by atoms with Crippen LogP contribution in [0.5, 0.6) is 0 Å². The molecule has 0 spiro atoms. The van der Waals surface area contributed by atoms with Gasteiger partial charge in [0.2, 0.25) is 0 Å². The fourth-order valence-corrected chi connectivity index (χ4v) is 2.06. The molecule has 0 amide bonds. The first kappa shape index (κ1) is 15.3. The summed E-state index contributed by atoms with van der Waals surface area (Å²) < 4.78 is 0. The zero-order valence-electron chi connectivity index (χ0n) is 12.9. The molecule has 0 heterocycles. The third-order valence-electron chi connectivity index (χ3n) is 3.10. The molecule has 1 rings (SSSR count). The Morgan fingerprint density at radius 1 is 1.33 bits per heavy atom. The Morgan fingerprint density at radius 3 is 2.33 bits per heavy atom. The summed E-state index contributed by atoms with van der Waals surface area (Å²) in [5.41, 5.74) is 0.0498. The number of nitrogens with zero attached hydrogens (tertiary/aromatic N) is 2. The van der Waals surface area contributed by atoms with E-state index in [0.717, 1.165) is 25.0 Å². The lowest BCUT2D eigenvalue weighted by Crippen LogP contribution is -2.48. The van der Waals surface area contributed by atoms with E-state index in [4.69, 9.17) is 4.99 Å². The van der Waals surface area contributed by atoms with Crippen molar-refractivity contribution in [3.8, 4) is 0 Å². The molecule has 1 saturated carbocycles. The molecule has 18 heavy (non-hydrogen) atoms. The molecule has 0 aromatic rings. The van der Waals surface area contributed by atoms with Gasteiger partial charge in [-0.15, -0.1) is 0 Å². The van der Waals surface area contributed by atoms with Gasteiger partial charge in [-0.3, -0.25) is 4.99 Å². The van der Waals surface area contributed by atoms with Crippen LogP contribution in [0.2, 0.25) is 0 Å². The quantitative estimate of drug-likeness (QED) is 0.579. The van der Waals surface area contributed by atoms with E-state index in [9.17, 15) is 0 Å². The number of guanidine groups is 1. The van der Waals surface area contributed by atoms with E-state index < -0.39 is 0 Å². The Bertz CT molecular complexity index is 272. The van der Waals surface area contributed by atoms with E-state index in [-0.39, 0.29) is 5.54 Å². The second-order valence-electron chi connectivity index (χ2n) is 6.46. The van der Waals surface area contributed by atoms with Crippen LogP contribution >= 0.6 is 0 Å². The summed E-state index contributed by atoms with van der Waals surface area (Å²) >= 11 is 0. The van der Waals surface area contributed by atoms with Crippen LogP contribution in [0.4, 0.5) is 0 Å². The fraction of sp³-hybridized carbons (Fsp3) is 0.929. The third-order valence-corrected chi connectivity index (χ3v) is 3.10. The molecule has 0 aromatic carbocycles. The highest BCUT2D eigenvalue weighted by Gasteiger charge is 2.32. The van der Waals surface area contributed by atoms with Crippen LogP contribution < -0.4 is 10.6 Å². The van der Waals surface area contributed by atoms with Gasteiger partial charge in [-0.25, -0.2) is 0 Å². The first-order valence-corrected chi connectivity index (χ1v) is 7.06. The van der Waals surface area contributed by atoms with Gasteiger partial charge in [0.1, 0.15) is 0 Å². The van der Waals surface area contributed by atoms with Crippen molar-refractivity contribution in [1.82, 2.24) is 15.5 Å². The highest BCUT2D eigenvalue weighted by atomic mass is 15.2. The monoisotopic (exact) mass is 254 g/mol. The van der Waals surface area contributed by atoms with Crippen molar-refractivity contribution in [2.24, 2.45) is 10.9 Å². The van der Waals surface area contributed by atoms with Crippen molar-refractivity contribution in [2.75, 3.05) is 27.2 Å². The molecule has 0 aliphatic heterocycles. The van der Waals surface area contributed by atoms with E-state index in [1.54, 1.807) is 0 Å². The maximum absolute atomic E-state index is 4.73. The molecular weight excluding hydrogens is 224 g/mol. The number of rotatable bonds is 5. The van der Waals surface area contributed by atoms with Crippen LogP contribution in [0, 0.1) is 5.92 Å². The van der Waals surface area contributed by atoms with Gasteiger partial charge in [0.25, 0.3) is 0 Å². The zero-order chi connectivity index (χ0) is 13.8. The number of nitrogens with one attached hydrogen (secondary N) is 2. The van der Waals surface area contributed by atoms with Crippen molar-refractivity contribution in [1.29, 1.82) is 0 Å². The lowest BCUT2D eigenvalue weighted by atomic mass is 10.1. The minimum atomic E-state index is 0.0498. The molecule has 0 radical (unpaired) electrons. The maximum Gasteiger partial charge on any atom is 0.191 e. The smallest absolute Gasteiger partial charge is 0.191 e. The lowest BCUT2D eigenvalue weighted by molar-refractivity contribution is 0.271. The molecule has 4 nitrogen and oxygen atoms in total. The Hall–Kier alpha value is -0.770. The molecule has 0 aromatic heterocycles. The molecule has 1 fully saturated rings. The van der Waals surface area contributed by atoms with Crippen LogP contribution in [-0.2, 0) is 0 Å². The van der Waals surface area contributed by atoms with Crippen LogP contribution in [0.25, 0.3) is 0 Å². The van der Waals surface area contributed by atoms with Crippen molar-refractivity contribution in [3.05, 3.63) is 0 Å². The molecule has 0 saturated heterocycles. The zero-order valence-corrected chi connectivity index (χ0v) is 12.9. The van der Waals surface area contributed by atoms with Gasteiger partial charge in [0.05, 0.1) is 6.54 Å². The number of hydrogen-bond acceptors (Lipinski definition) is 2. The molecule has 106 valence electrons. The molecule has 1 aliphatic carbocycles. The van der Waals surface area contributed by atoms with E-state index in [1.165, 1.54) is 12.8 Å². The molecular formula is C14H30N4. The van der Waals surface area contributed by atoms with E-state index in [2.05, 4.69) is 57.3 Å². The van der Waals surface area contributed by atoms with Crippen LogP contribution in [0.1, 0.15) is 40.5 Å². The summed E-state index contributed by atoms with van der Waals surface area (Å²) in [6, 6.07) is 0.584. The molecule has 4 heteroatoms. The third kappa shape index (κ3) is 5.71. The topological polar surface area (TPSA) is 39.7 Å². The summed E-state index contributed by atoms with van der Waals surface area (Å²) in [7, 11) is 4.31. The van der Waals surface area contributed by atoms with E-state index in [1.807, 2.05) is 0 Å². The summed E-state index contributed by atoms with van der Waals surface area (Å²) in [5.74, 6) is 1.78. The highest BCUT2D eigenvalue weighted by molar-refractivity contribution is 5.80. The van der Waals surface area contributed by atoms with Gasteiger partial charge >= 0.3 is 0 Å². The Morgan fingerprint density at radius 2 is 1.94 bits per heavy atom. The summed E-state index contributed by atoms with van der Waals surface area (Å²) in [5, 5.41) is 6.74. The number of hydrogen-bond donors (Lipinski definition) is 2. The molecule has 2 N–H and O–H groups in total. The van der Waals surface area contributed by atoms with Gasteiger partial charge in [0, 0.05) is 18.1 Å². The average Bonchev–Trinajstić information content (AvgIpc) is 2.99. The average molecular weight is 254 g/mol. The van der Waals surface area contributed by atoms with Crippen molar-refractivity contribution < 1.29 is 0 Å². The molecule has 1 unspecified atom stereocenters. The van der Waals surface area contributed by atoms with Gasteiger partial charge in [-0.2, -0.15) is 0 Å². The second-order valence-corrected chi connectivity index (χ2v) is 6.46. The first-order valence-electron chi connectivity index (χ1n) is 7.06. The van der Waals surface area contributed by atoms with Crippen molar-refractivity contribution >= 4 is 5.96 Å². The van der Waals surface area contributed by atoms with Gasteiger partial charge in [-0.05, 0) is 60.5 Å². The minimum Gasteiger partial charge on any atom is -0.357 e. The summed E-state index contributed by atoms with van der Waals surface area (Å²) in [4.78, 5) is 7.04. The van der Waals surface area contributed by atoms with Crippen LogP contribution in [0.3, 0.4) is 0 Å². The minimum absolute atomic E-state index is 0.0498. The molecule has 1 aliphatic rings. The predicted octanol–water partition coefficient (Wildman–Crippen LogP) is 1.68. The van der Waals surface area contributed by atoms with Crippen LogP contribution in [0.15, 0.2) is 4.99 Å². The van der Waals surface area contributed by atoms with Gasteiger partial charge in [0.15, 0.2) is 5.96 Å². The van der Waals surface area contributed by atoms with Crippen LogP contribution in [-0.4, -0.2) is 49.6 Å². The second kappa shape index (κ2) is 6.41. The Balaban J connectivity index is 2.57. The largest absolute Gasteiger partial charge is 0.357 e. The maximum atomic E-state index is 4.73. The SMILES string of the molecule is CCNC(=NCC(C1CC1)N(C)C)NC(C)(C)C. The van der Waals surface area contributed by atoms with Gasteiger partial charge in [-0.1, -0.05) is 0 Å². The van der Waals surface area contributed by atoms with E-state index in [0.29, 0.717) is 6.04 Å². The molecule has 1 atom stereocenters. The lowest BCUT2D eigenvalue weighted by Gasteiger charge is -2.26.